The highest BCUT2D eigenvalue weighted by molar-refractivity contribution is 5.20. The maximum atomic E-state index is 12.5. The van der Waals surface area contributed by atoms with E-state index in [1.165, 1.54) is 0 Å². The first-order valence-corrected chi connectivity index (χ1v) is 16.4. The predicted molar refractivity (Wildman–Crippen MR) is 153 cm³/mol. The molecular weight excluding hydrogens is 544 g/mol. The smallest absolute Gasteiger partial charge is 0.186 e. The van der Waals surface area contributed by atoms with E-state index in [9.17, 15) is 40.9 Å². The molecule has 1 aliphatic heterocycles. The highest BCUT2D eigenvalue weighted by Gasteiger charge is 2.71. The lowest BCUT2D eigenvalue weighted by atomic mass is 9.41. The normalized spacial score (nSPS) is 54.0. The third-order valence-electron chi connectivity index (χ3n) is 12.8. The van der Waals surface area contributed by atoms with Crippen LogP contribution in [0.1, 0.15) is 85.5 Å². The van der Waals surface area contributed by atoms with Crippen LogP contribution in [0.25, 0.3) is 0 Å². The SMILES string of the molecule is C[C@@H](CCC[C@@H](C)[C@H]1C[C@@H](O)C2[C@]3(O)C[C@H](O)C4[C@@H](O)[C@@H](O)CC[C@]4(C)C3CC[C@@]21C)CO[C@@H]1OC[C@@H](O)[C@H](O)[C@H]1O. The van der Waals surface area contributed by atoms with Crippen LogP contribution in [0.4, 0.5) is 0 Å². The summed E-state index contributed by atoms with van der Waals surface area (Å²) in [5.74, 6) is -0.234. The minimum atomic E-state index is -1.29. The van der Waals surface area contributed by atoms with Crippen molar-refractivity contribution in [3.63, 3.8) is 0 Å². The molecule has 17 atom stereocenters. The van der Waals surface area contributed by atoms with Gasteiger partial charge in [0, 0.05) is 18.3 Å². The van der Waals surface area contributed by atoms with Crippen LogP contribution < -0.4 is 0 Å². The van der Waals surface area contributed by atoms with E-state index in [0.29, 0.717) is 31.8 Å². The maximum absolute atomic E-state index is 12.5. The van der Waals surface area contributed by atoms with Crippen molar-refractivity contribution in [1.29, 1.82) is 0 Å². The van der Waals surface area contributed by atoms with Gasteiger partial charge in [0.15, 0.2) is 6.29 Å². The molecular formula is C32H56O10. The predicted octanol–water partition coefficient (Wildman–Crippen LogP) is 0.932. The average molecular weight is 601 g/mol. The van der Waals surface area contributed by atoms with Gasteiger partial charge in [-0.1, -0.05) is 40.5 Å². The molecule has 0 radical (unpaired) electrons. The number of ether oxygens (including phenoxy) is 2. The van der Waals surface area contributed by atoms with E-state index in [1.54, 1.807) is 0 Å². The highest BCUT2D eigenvalue weighted by Crippen LogP contribution is 2.69. The highest BCUT2D eigenvalue weighted by atomic mass is 16.7. The second-order valence-electron chi connectivity index (χ2n) is 15.5. The Balaban J connectivity index is 1.19. The van der Waals surface area contributed by atoms with Gasteiger partial charge >= 0.3 is 0 Å². The Morgan fingerprint density at radius 3 is 2.21 bits per heavy atom. The van der Waals surface area contributed by atoms with Crippen LogP contribution in [0.3, 0.4) is 0 Å². The largest absolute Gasteiger partial charge is 0.393 e. The molecule has 0 aromatic rings. The van der Waals surface area contributed by atoms with Crippen molar-refractivity contribution in [2.45, 2.75) is 140 Å². The van der Waals surface area contributed by atoms with Crippen molar-refractivity contribution in [1.82, 2.24) is 0 Å². The second kappa shape index (κ2) is 12.1. The summed E-state index contributed by atoms with van der Waals surface area (Å²) in [4.78, 5) is 0. The number of aliphatic hydroxyl groups excluding tert-OH is 7. The quantitative estimate of drug-likeness (QED) is 0.200. The van der Waals surface area contributed by atoms with Gasteiger partial charge in [0.05, 0.1) is 43.2 Å². The van der Waals surface area contributed by atoms with E-state index in [4.69, 9.17) is 9.47 Å². The van der Waals surface area contributed by atoms with Crippen LogP contribution in [0.5, 0.6) is 0 Å². The molecule has 5 fully saturated rings. The van der Waals surface area contributed by atoms with Gasteiger partial charge in [-0.05, 0) is 73.0 Å². The molecule has 10 heteroatoms. The second-order valence-corrected chi connectivity index (χ2v) is 15.5. The monoisotopic (exact) mass is 600 g/mol. The molecule has 8 N–H and O–H groups in total. The Hall–Kier alpha value is -0.400. The molecule has 244 valence electrons. The molecule has 5 rings (SSSR count). The Labute approximate surface area is 250 Å². The van der Waals surface area contributed by atoms with Crippen LogP contribution in [-0.2, 0) is 9.47 Å². The van der Waals surface area contributed by atoms with E-state index in [0.717, 1.165) is 32.1 Å². The Kier molecular flexibility index (Phi) is 9.48. The molecule has 42 heavy (non-hydrogen) atoms. The van der Waals surface area contributed by atoms with Gasteiger partial charge in [-0.2, -0.15) is 0 Å². The van der Waals surface area contributed by atoms with Crippen molar-refractivity contribution in [3.05, 3.63) is 0 Å². The van der Waals surface area contributed by atoms with Crippen molar-refractivity contribution < 1.29 is 50.3 Å². The third-order valence-corrected chi connectivity index (χ3v) is 12.8. The van der Waals surface area contributed by atoms with Gasteiger partial charge in [-0.3, -0.25) is 0 Å². The van der Waals surface area contributed by atoms with Crippen LogP contribution in [-0.4, -0.2) is 109 Å². The first-order valence-electron chi connectivity index (χ1n) is 16.4. The number of rotatable bonds is 8. The lowest BCUT2D eigenvalue weighted by Crippen LogP contribution is -2.70. The Bertz CT molecular complexity index is 937. The van der Waals surface area contributed by atoms with Gasteiger partial charge < -0.3 is 50.3 Å². The number of fused-ring (bicyclic) bond motifs is 5. The summed E-state index contributed by atoms with van der Waals surface area (Å²) in [6.07, 6.45) is -1.83. The summed E-state index contributed by atoms with van der Waals surface area (Å²) in [5.41, 5.74) is -2.01. The van der Waals surface area contributed by atoms with Gasteiger partial charge in [-0.15, -0.1) is 0 Å². The zero-order valence-electron chi connectivity index (χ0n) is 25.8. The summed E-state index contributed by atoms with van der Waals surface area (Å²) >= 11 is 0. The fraction of sp³-hybridized carbons (Fsp3) is 1.00. The topological polar surface area (TPSA) is 180 Å². The summed E-state index contributed by atoms with van der Waals surface area (Å²) in [6.45, 7) is 8.88. The fourth-order valence-electron chi connectivity index (χ4n) is 10.8. The van der Waals surface area contributed by atoms with Crippen LogP contribution in [0.2, 0.25) is 0 Å². The average Bonchev–Trinajstić information content (AvgIpc) is 3.20. The molecule has 4 saturated carbocycles. The van der Waals surface area contributed by atoms with E-state index in [-0.39, 0.29) is 42.1 Å². The molecule has 10 nitrogen and oxygen atoms in total. The lowest BCUT2D eigenvalue weighted by Gasteiger charge is -2.66. The number of hydrogen-bond donors (Lipinski definition) is 8. The summed E-state index contributed by atoms with van der Waals surface area (Å²) < 4.78 is 11.0. The number of hydrogen-bond acceptors (Lipinski definition) is 10. The van der Waals surface area contributed by atoms with Crippen LogP contribution in [0, 0.1) is 46.3 Å². The van der Waals surface area contributed by atoms with E-state index in [1.807, 2.05) is 0 Å². The Morgan fingerprint density at radius 1 is 0.810 bits per heavy atom. The first-order chi connectivity index (χ1) is 19.6. The van der Waals surface area contributed by atoms with E-state index < -0.39 is 66.0 Å². The summed E-state index contributed by atoms with van der Waals surface area (Å²) in [7, 11) is 0. The van der Waals surface area contributed by atoms with Crippen molar-refractivity contribution in [2.75, 3.05) is 13.2 Å². The lowest BCUT2D eigenvalue weighted by molar-refractivity contribution is -0.280. The molecule has 3 unspecified atom stereocenters. The maximum Gasteiger partial charge on any atom is 0.186 e. The minimum absolute atomic E-state index is 0.0818. The third kappa shape index (κ3) is 5.39. The molecule has 0 aromatic heterocycles. The standard InChI is InChI=1S/C32H56O10/c1-16(14-41-29-27(39)26(38)22(36)15-42-29)6-5-7-17(2)18-12-20(34)28-30(18,3)11-9-23-31(4)10-8-19(33)25(37)24(31)21(35)13-32(23,28)40/h16-29,33-40H,5-15H2,1-4H3/t16-,17+,18+,19-,20+,21-,22+,23?,24?,25-,26-,27+,28?,29+,30+,31+,32-/m0/s1. The van der Waals surface area contributed by atoms with Crippen molar-refractivity contribution >= 4 is 0 Å². The van der Waals surface area contributed by atoms with Gasteiger partial charge in [0.1, 0.15) is 18.3 Å². The van der Waals surface area contributed by atoms with E-state index in [2.05, 4.69) is 27.7 Å². The molecule has 1 saturated heterocycles. The van der Waals surface area contributed by atoms with Crippen LogP contribution in [0.15, 0.2) is 0 Å². The van der Waals surface area contributed by atoms with Crippen LogP contribution >= 0.6 is 0 Å². The fourth-order valence-corrected chi connectivity index (χ4v) is 10.8. The molecule has 0 aromatic carbocycles. The number of aliphatic hydroxyl groups is 8. The van der Waals surface area contributed by atoms with Gasteiger partial charge in [-0.25, -0.2) is 0 Å². The first kappa shape index (κ1) is 33.0. The summed E-state index contributed by atoms with van der Waals surface area (Å²) in [5, 5.41) is 86.1. The van der Waals surface area contributed by atoms with Gasteiger partial charge in [0.2, 0.25) is 0 Å². The van der Waals surface area contributed by atoms with E-state index >= 15 is 0 Å². The zero-order chi connectivity index (χ0) is 30.8. The zero-order valence-corrected chi connectivity index (χ0v) is 25.8. The molecule has 0 bridgehead atoms. The molecule has 5 aliphatic rings. The molecule has 0 amide bonds. The van der Waals surface area contributed by atoms with Crippen molar-refractivity contribution in [3.8, 4) is 0 Å². The minimum Gasteiger partial charge on any atom is -0.393 e. The van der Waals surface area contributed by atoms with Crippen molar-refractivity contribution in [2.24, 2.45) is 46.3 Å². The summed E-state index contributed by atoms with van der Waals surface area (Å²) in [6, 6.07) is 0. The van der Waals surface area contributed by atoms with Gasteiger partial charge in [0.25, 0.3) is 0 Å². The molecule has 1 heterocycles. The Morgan fingerprint density at radius 2 is 1.50 bits per heavy atom. The molecule has 0 spiro atoms. The molecule has 4 aliphatic carbocycles.